The maximum atomic E-state index is 12.4. The first-order valence-electron chi connectivity index (χ1n) is 9.56. The molecule has 0 saturated heterocycles. The third-order valence-corrected chi connectivity index (χ3v) is 5.38. The molecule has 1 aliphatic carbocycles. The van der Waals surface area contributed by atoms with Gasteiger partial charge in [0.15, 0.2) is 6.10 Å². The minimum absolute atomic E-state index is 0.0321. The van der Waals surface area contributed by atoms with Gasteiger partial charge in [0, 0.05) is 36.1 Å². The molecule has 0 aromatic carbocycles. The van der Waals surface area contributed by atoms with E-state index in [-0.39, 0.29) is 12.1 Å². The van der Waals surface area contributed by atoms with Gasteiger partial charge in [0.2, 0.25) is 0 Å². The molecular formula is C20H24ClF3N4O. The molecule has 1 fully saturated rings. The van der Waals surface area contributed by atoms with Gasteiger partial charge >= 0.3 is 6.18 Å². The summed E-state index contributed by atoms with van der Waals surface area (Å²) in [6.07, 6.45) is -2.29. The number of aromatic nitrogens is 2. The van der Waals surface area contributed by atoms with Crippen molar-refractivity contribution < 1.29 is 18.3 Å². The molecule has 29 heavy (non-hydrogen) atoms. The van der Waals surface area contributed by atoms with E-state index in [0.29, 0.717) is 10.8 Å². The number of pyridine rings is 2. The predicted octanol–water partition coefficient (Wildman–Crippen LogP) is 4.34. The van der Waals surface area contributed by atoms with E-state index in [1.807, 2.05) is 31.2 Å². The Labute approximate surface area is 172 Å². The Balaban J connectivity index is 1.55. The van der Waals surface area contributed by atoms with Gasteiger partial charge in [-0.1, -0.05) is 17.7 Å². The number of aliphatic hydroxyl groups is 1. The van der Waals surface area contributed by atoms with Crippen LogP contribution in [-0.2, 0) is 0 Å². The van der Waals surface area contributed by atoms with E-state index in [1.54, 1.807) is 6.20 Å². The minimum Gasteiger partial charge on any atom is -0.382 e. The van der Waals surface area contributed by atoms with E-state index in [1.165, 1.54) is 0 Å². The lowest BCUT2D eigenvalue weighted by Crippen LogP contribution is -2.44. The van der Waals surface area contributed by atoms with Crippen molar-refractivity contribution in [2.24, 2.45) is 0 Å². The van der Waals surface area contributed by atoms with Crippen LogP contribution in [0.2, 0.25) is 5.02 Å². The number of anilines is 1. The Morgan fingerprint density at radius 1 is 1.21 bits per heavy atom. The molecule has 0 radical (unpaired) electrons. The van der Waals surface area contributed by atoms with Crippen molar-refractivity contribution in [1.29, 1.82) is 0 Å². The molecule has 1 aliphatic rings. The monoisotopic (exact) mass is 428 g/mol. The molecule has 0 amide bonds. The summed E-state index contributed by atoms with van der Waals surface area (Å²) in [7, 11) is 0. The van der Waals surface area contributed by atoms with Gasteiger partial charge in [-0.05, 0) is 50.8 Å². The summed E-state index contributed by atoms with van der Waals surface area (Å²) in [5, 5.41) is 15.8. The van der Waals surface area contributed by atoms with E-state index >= 15 is 0 Å². The van der Waals surface area contributed by atoms with Gasteiger partial charge in [-0.15, -0.1) is 0 Å². The van der Waals surface area contributed by atoms with E-state index < -0.39 is 18.8 Å². The number of rotatable bonds is 6. The summed E-state index contributed by atoms with van der Waals surface area (Å²) >= 11 is 6.30. The number of alkyl halides is 3. The van der Waals surface area contributed by atoms with Crippen LogP contribution in [0, 0.1) is 6.92 Å². The SMILES string of the molecule is Cc1cccc(-c2cc(N[C@H]3CC[C@H](NC[C@@H](O)C(F)(F)F)CC3)ncc2Cl)n1. The molecule has 9 heteroatoms. The van der Waals surface area contributed by atoms with Crippen molar-refractivity contribution in [3.63, 3.8) is 0 Å². The van der Waals surface area contributed by atoms with Crippen LogP contribution in [0.15, 0.2) is 30.5 Å². The smallest absolute Gasteiger partial charge is 0.382 e. The maximum absolute atomic E-state index is 12.4. The van der Waals surface area contributed by atoms with Crippen LogP contribution < -0.4 is 10.6 Å². The average Bonchev–Trinajstić information content (AvgIpc) is 2.68. The van der Waals surface area contributed by atoms with Gasteiger partial charge in [-0.2, -0.15) is 13.2 Å². The van der Waals surface area contributed by atoms with Crippen LogP contribution in [0.3, 0.4) is 0 Å². The Bertz CT molecular complexity index is 826. The van der Waals surface area contributed by atoms with Crippen molar-refractivity contribution in [3.05, 3.63) is 41.2 Å². The second kappa shape index (κ2) is 9.28. The molecule has 1 atom stereocenters. The Hall–Kier alpha value is -1.90. The number of halogens is 4. The molecule has 0 bridgehead atoms. The molecule has 0 spiro atoms. The predicted molar refractivity (Wildman–Crippen MR) is 107 cm³/mol. The molecule has 3 N–H and O–H groups in total. The van der Waals surface area contributed by atoms with Gasteiger partial charge in [-0.25, -0.2) is 4.98 Å². The number of nitrogens with zero attached hydrogens (tertiary/aromatic N) is 2. The zero-order valence-electron chi connectivity index (χ0n) is 16.0. The van der Waals surface area contributed by atoms with Crippen LogP contribution >= 0.6 is 11.6 Å². The van der Waals surface area contributed by atoms with E-state index in [4.69, 9.17) is 16.7 Å². The van der Waals surface area contributed by atoms with Crippen LogP contribution in [0.4, 0.5) is 19.0 Å². The average molecular weight is 429 g/mol. The van der Waals surface area contributed by atoms with E-state index in [9.17, 15) is 13.2 Å². The fourth-order valence-corrected chi connectivity index (χ4v) is 3.65. The Kier molecular flexibility index (Phi) is 6.97. The lowest BCUT2D eigenvalue weighted by molar-refractivity contribution is -0.202. The number of hydrogen-bond acceptors (Lipinski definition) is 5. The molecule has 5 nitrogen and oxygen atoms in total. The van der Waals surface area contributed by atoms with E-state index in [0.717, 1.165) is 42.6 Å². The van der Waals surface area contributed by atoms with Gasteiger partial charge in [-0.3, -0.25) is 4.98 Å². The lowest BCUT2D eigenvalue weighted by Gasteiger charge is -2.31. The number of aliphatic hydroxyl groups excluding tert-OH is 1. The fraction of sp³-hybridized carbons (Fsp3) is 0.500. The summed E-state index contributed by atoms with van der Waals surface area (Å²) in [5.41, 5.74) is 2.47. The fourth-order valence-electron chi connectivity index (χ4n) is 3.45. The van der Waals surface area contributed by atoms with Crippen molar-refractivity contribution in [3.8, 4) is 11.3 Å². The zero-order chi connectivity index (χ0) is 21.0. The van der Waals surface area contributed by atoms with Gasteiger partial charge in [0.25, 0.3) is 0 Å². The molecule has 2 aromatic rings. The largest absolute Gasteiger partial charge is 0.415 e. The minimum atomic E-state index is -4.59. The summed E-state index contributed by atoms with van der Waals surface area (Å²) in [6.45, 7) is 1.44. The normalized spacial score (nSPS) is 21.0. The Morgan fingerprint density at radius 3 is 2.55 bits per heavy atom. The molecule has 158 valence electrons. The van der Waals surface area contributed by atoms with Crippen LogP contribution in [0.1, 0.15) is 31.4 Å². The highest BCUT2D eigenvalue weighted by Crippen LogP contribution is 2.29. The molecule has 0 aliphatic heterocycles. The first-order chi connectivity index (χ1) is 13.7. The van der Waals surface area contributed by atoms with Crippen LogP contribution in [0.25, 0.3) is 11.3 Å². The number of nitrogens with one attached hydrogen (secondary N) is 2. The maximum Gasteiger partial charge on any atom is 0.415 e. The molecule has 2 heterocycles. The third kappa shape index (κ3) is 6.04. The Morgan fingerprint density at radius 2 is 1.90 bits per heavy atom. The van der Waals surface area contributed by atoms with Crippen molar-refractivity contribution in [2.75, 3.05) is 11.9 Å². The quantitative estimate of drug-likeness (QED) is 0.638. The van der Waals surface area contributed by atoms with Crippen molar-refractivity contribution >= 4 is 17.4 Å². The number of hydrogen-bond donors (Lipinski definition) is 3. The molecule has 3 rings (SSSR count). The van der Waals surface area contributed by atoms with Crippen molar-refractivity contribution in [1.82, 2.24) is 15.3 Å². The van der Waals surface area contributed by atoms with Gasteiger partial charge in [0.05, 0.1) is 10.7 Å². The van der Waals surface area contributed by atoms with Crippen LogP contribution in [0.5, 0.6) is 0 Å². The van der Waals surface area contributed by atoms with Crippen molar-refractivity contribution in [2.45, 2.75) is 57.0 Å². The number of aryl methyl sites for hydroxylation is 1. The van der Waals surface area contributed by atoms with Gasteiger partial charge in [0.1, 0.15) is 5.82 Å². The van der Waals surface area contributed by atoms with Gasteiger partial charge < -0.3 is 15.7 Å². The summed E-state index contributed by atoms with van der Waals surface area (Å²) in [6, 6.07) is 7.74. The summed E-state index contributed by atoms with van der Waals surface area (Å²) < 4.78 is 37.2. The third-order valence-electron chi connectivity index (χ3n) is 5.08. The zero-order valence-corrected chi connectivity index (χ0v) is 16.8. The van der Waals surface area contributed by atoms with E-state index in [2.05, 4.69) is 20.6 Å². The van der Waals surface area contributed by atoms with Crippen LogP contribution in [-0.4, -0.2) is 46.0 Å². The first-order valence-corrected chi connectivity index (χ1v) is 9.94. The highest BCUT2D eigenvalue weighted by Gasteiger charge is 2.38. The molecule has 1 saturated carbocycles. The molecular weight excluding hydrogens is 405 g/mol. The standard InChI is InChI=1S/C20H24ClF3N4O/c1-12-3-2-4-17(27-12)15-9-19(26-10-16(15)21)28-14-7-5-13(6-8-14)25-11-18(29)20(22,23)24/h2-4,9-10,13-14,18,25,29H,5-8,11H2,1H3,(H,26,28)/t13-,14-,18-/m1/s1. The second-order valence-corrected chi connectivity index (χ2v) is 7.78. The summed E-state index contributed by atoms with van der Waals surface area (Å²) in [4.78, 5) is 8.85. The topological polar surface area (TPSA) is 70.1 Å². The second-order valence-electron chi connectivity index (χ2n) is 7.37. The summed E-state index contributed by atoms with van der Waals surface area (Å²) in [5.74, 6) is 0.691. The first kappa shape index (κ1) is 21.8. The molecule has 2 aromatic heterocycles. The molecule has 0 unspecified atom stereocenters. The highest BCUT2D eigenvalue weighted by atomic mass is 35.5. The lowest BCUT2D eigenvalue weighted by atomic mass is 9.91. The highest BCUT2D eigenvalue weighted by molar-refractivity contribution is 6.33.